The minimum atomic E-state index is -2.08. The Morgan fingerprint density at radius 2 is 2.26 bits per heavy atom. The average molecular weight is 318 g/mol. The summed E-state index contributed by atoms with van der Waals surface area (Å²) in [5, 5.41) is 30.1. The number of rotatable bonds is 2. The molecule has 1 aliphatic heterocycles. The van der Waals surface area contributed by atoms with Crippen molar-refractivity contribution in [1.29, 1.82) is 0 Å². The number of pyridine rings is 1. The zero-order chi connectivity index (χ0) is 16.8. The lowest BCUT2D eigenvalue weighted by Gasteiger charge is -2.24. The Balaban J connectivity index is 2.20. The highest BCUT2D eigenvalue weighted by molar-refractivity contribution is 5.84. The van der Waals surface area contributed by atoms with Gasteiger partial charge in [0.2, 0.25) is 0 Å². The van der Waals surface area contributed by atoms with E-state index >= 15 is 0 Å². The molecule has 0 aliphatic carbocycles. The number of aliphatic hydroxyl groups excluding tert-OH is 2. The van der Waals surface area contributed by atoms with Crippen molar-refractivity contribution < 1.29 is 20.1 Å². The Kier molecular flexibility index (Phi) is 3.54. The molecule has 0 bridgehead atoms. The van der Waals surface area contributed by atoms with Gasteiger partial charge in [0.15, 0.2) is 22.9 Å². The number of hydrogen-bond acceptors (Lipinski definition) is 8. The molecule has 4 atom stereocenters. The molecule has 23 heavy (non-hydrogen) atoms. The highest BCUT2D eigenvalue weighted by Gasteiger charge is 2.55. The lowest BCUT2D eigenvalue weighted by molar-refractivity contribution is -0.0605. The first-order valence-electron chi connectivity index (χ1n) is 6.70. The largest absolute Gasteiger partial charge is 0.394 e. The number of anilines is 1. The summed E-state index contributed by atoms with van der Waals surface area (Å²) in [6.45, 7) is -0.594. The molecule has 3 heterocycles. The van der Waals surface area contributed by atoms with Gasteiger partial charge in [-0.2, -0.15) is 0 Å². The second kappa shape index (κ2) is 5.29. The van der Waals surface area contributed by atoms with Crippen LogP contribution in [0, 0.1) is 12.3 Å². The summed E-state index contributed by atoms with van der Waals surface area (Å²) < 4.78 is 6.79. The standard InChI is InChI=1S/C14H14N4O5/c1-2-14(22)8(5-19)23-13(10(14)21)18-4-3-7(20)9-11(15)16-6-17-12(9)18/h1,3-4,6,8,10,13,19,21-22H,5H2,(H2,15,16,17)/t8-,10+,13?,14+/m1/s1. The molecule has 120 valence electrons. The number of aliphatic hydroxyl groups is 3. The number of terminal acetylenes is 1. The lowest BCUT2D eigenvalue weighted by atomic mass is 9.93. The van der Waals surface area contributed by atoms with Crippen molar-refractivity contribution in [1.82, 2.24) is 14.5 Å². The second-order valence-corrected chi connectivity index (χ2v) is 5.16. The predicted molar refractivity (Wildman–Crippen MR) is 79.0 cm³/mol. The lowest BCUT2D eigenvalue weighted by Crippen LogP contribution is -2.47. The van der Waals surface area contributed by atoms with Crippen LogP contribution in [0.2, 0.25) is 0 Å². The molecule has 1 saturated heterocycles. The third kappa shape index (κ3) is 2.08. The molecule has 5 N–H and O–H groups in total. The van der Waals surface area contributed by atoms with E-state index in [4.69, 9.17) is 16.9 Å². The van der Waals surface area contributed by atoms with Gasteiger partial charge in [-0.3, -0.25) is 4.79 Å². The molecule has 1 fully saturated rings. The summed E-state index contributed by atoms with van der Waals surface area (Å²) in [5.41, 5.74) is 3.35. The van der Waals surface area contributed by atoms with E-state index in [1.807, 2.05) is 5.92 Å². The first kappa shape index (κ1) is 15.4. The molecule has 9 nitrogen and oxygen atoms in total. The van der Waals surface area contributed by atoms with E-state index in [2.05, 4.69) is 9.97 Å². The summed E-state index contributed by atoms with van der Waals surface area (Å²) in [4.78, 5) is 19.7. The van der Waals surface area contributed by atoms with Crippen molar-refractivity contribution >= 4 is 16.9 Å². The van der Waals surface area contributed by atoms with Gasteiger partial charge in [0.1, 0.15) is 29.7 Å². The number of nitrogen functional groups attached to an aromatic ring is 1. The quantitative estimate of drug-likeness (QED) is 0.465. The molecule has 2 aromatic heterocycles. The molecule has 2 aromatic rings. The molecule has 3 rings (SSSR count). The first-order chi connectivity index (χ1) is 10.9. The van der Waals surface area contributed by atoms with Crippen molar-refractivity contribution in [2.24, 2.45) is 0 Å². The zero-order valence-corrected chi connectivity index (χ0v) is 11.8. The van der Waals surface area contributed by atoms with Crippen LogP contribution in [0.15, 0.2) is 23.4 Å². The maximum atomic E-state index is 12.0. The summed E-state index contributed by atoms with van der Waals surface area (Å²) >= 11 is 0. The van der Waals surface area contributed by atoms with E-state index in [1.54, 1.807) is 0 Å². The highest BCUT2D eigenvalue weighted by Crippen LogP contribution is 2.37. The van der Waals surface area contributed by atoms with E-state index in [0.717, 1.165) is 6.33 Å². The average Bonchev–Trinajstić information content (AvgIpc) is 2.80. The van der Waals surface area contributed by atoms with Gasteiger partial charge in [-0.05, 0) is 0 Å². The fraction of sp³-hybridized carbons (Fsp3) is 0.357. The van der Waals surface area contributed by atoms with Gasteiger partial charge in [-0.25, -0.2) is 9.97 Å². The van der Waals surface area contributed by atoms with Crippen LogP contribution in [-0.2, 0) is 4.74 Å². The number of ether oxygens (including phenoxy) is 1. The molecule has 0 spiro atoms. The SMILES string of the molecule is C#C[C@]1(O)[C@@H](CO)OC(n2ccc(=O)c3c(N)ncnc32)[C@@H]1O. The molecule has 9 heteroatoms. The van der Waals surface area contributed by atoms with Gasteiger partial charge in [0.05, 0.1) is 6.61 Å². The smallest absolute Gasteiger partial charge is 0.194 e. The summed E-state index contributed by atoms with van der Waals surface area (Å²) in [6, 6.07) is 1.21. The molecule has 1 aliphatic rings. The van der Waals surface area contributed by atoms with Crippen molar-refractivity contribution in [2.75, 3.05) is 12.3 Å². The monoisotopic (exact) mass is 318 g/mol. The Morgan fingerprint density at radius 3 is 2.87 bits per heavy atom. The Bertz CT molecular complexity index is 860. The van der Waals surface area contributed by atoms with E-state index in [0.29, 0.717) is 0 Å². The molecule has 0 radical (unpaired) electrons. The van der Waals surface area contributed by atoms with E-state index in [9.17, 15) is 20.1 Å². The first-order valence-corrected chi connectivity index (χ1v) is 6.70. The summed E-state index contributed by atoms with van der Waals surface area (Å²) in [7, 11) is 0. The molecule has 1 unspecified atom stereocenters. The topological polar surface area (TPSA) is 144 Å². The van der Waals surface area contributed by atoms with Crippen LogP contribution in [0.1, 0.15) is 6.23 Å². The summed E-state index contributed by atoms with van der Waals surface area (Å²) in [5.74, 6) is 2.03. The minimum Gasteiger partial charge on any atom is -0.394 e. The second-order valence-electron chi connectivity index (χ2n) is 5.16. The van der Waals surface area contributed by atoms with E-state index in [-0.39, 0.29) is 16.9 Å². The third-order valence-electron chi connectivity index (χ3n) is 3.92. The van der Waals surface area contributed by atoms with Gasteiger partial charge in [0.25, 0.3) is 0 Å². The Hall–Kier alpha value is -2.51. The molecule has 0 saturated carbocycles. The Labute approximate surface area is 130 Å². The Morgan fingerprint density at radius 1 is 1.52 bits per heavy atom. The van der Waals surface area contributed by atoms with Crippen LogP contribution in [0.25, 0.3) is 11.0 Å². The zero-order valence-electron chi connectivity index (χ0n) is 11.8. The number of aromatic nitrogens is 3. The number of nitrogens with zero attached hydrogens (tertiary/aromatic N) is 3. The minimum absolute atomic E-state index is 0.0206. The highest BCUT2D eigenvalue weighted by atomic mass is 16.6. The van der Waals surface area contributed by atoms with Crippen LogP contribution in [-0.4, -0.2) is 54.3 Å². The van der Waals surface area contributed by atoms with Crippen LogP contribution in [0.3, 0.4) is 0 Å². The van der Waals surface area contributed by atoms with Gasteiger partial charge in [-0.1, -0.05) is 5.92 Å². The fourth-order valence-electron chi connectivity index (χ4n) is 2.66. The van der Waals surface area contributed by atoms with Gasteiger partial charge < -0.3 is 30.4 Å². The van der Waals surface area contributed by atoms with Crippen molar-refractivity contribution in [3.63, 3.8) is 0 Å². The maximum absolute atomic E-state index is 12.0. The molecule has 0 amide bonds. The van der Waals surface area contributed by atoms with Gasteiger partial charge in [0, 0.05) is 12.3 Å². The molecule has 0 aromatic carbocycles. The molecular formula is C14H14N4O5. The maximum Gasteiger partial charge on any atom is 0.194 e. The van der Waals surface area contributed by atoms with Gasteiger partial charge >= 0.3 is 0 Å². The van der Waals surface area contributed by atoms with Crippen molar-refractivity contribution in [3.8, 4) is 12.3 Å². The van der Waals surface area contributed by atoms with Gasteiger partial charge in [-0.15, -0.1) is 6.42 Å². The van der Waals surface area contributed by atoms with Crippen molar-refractivity contribution in [2.45, 2.75) is 24.0 Å². The van der Waals surface area contributed by atoms with Crippen LogP contribution in [0.5, 0.6) is 0 Å². The van der Waals surface area contributed by atoms with Crippen LogP contribution in [0.4, 0.5) is 5.82 Å². The number of fused-ring (bicyclic) bond motifs is 1. The van der Waals surface area contributed by atoms with Crippen LogP contribution >= 0.6 is 0 Å². The predicted octanol–water partition coefficient (Wildman–Crippen LogP) is -2.01. The number of nitrogens with two attached hydrogens (primary N) is 1. The van der Waals surface area contributed by atoms with Crippen molar-refractivity contribution in [3.05, 3.63) is 28.8 Å². The molecular weight excluding hydrogens is 304 g/mol. The number of hydrogen-bond donors (Lipinski definition) is 4. The fourth-order valence-corrected chi connectivity index (χ4v) is 2.66. The normalized spacial score (nSPS) is 30.4. The third-order valence-corrected chi connectivity index (χ3v) is 3.92. The van der Waals surface area contributed by atoms with Crippen LogP contribution < -0.4 is 11.2 Å². The van der Waals surface area contributed by atoms with E-state index < -0.39 is 36.1 Å². The van der Waals surface area contributed by atoms with E-state index in [1.165, 1.54) is 16.8 Å². The summed E-state index contributed by atoms with van der Waals surface area (Å²) in [6.07, 6.45) is 3.86.